The van der Waals surface area contributed by atoms with Crippen LogP contribution in [0.25, 0.3) is 0 Å². The van der Waals surface area contributed by atoms with E-state index in [0.29, 0.717) is 30.3 Å². The van der Waals surface area contributed by atoms with Crippen LogP contribution < -0.4 is 10.6 Å². The molecule has 0 bridgehead atoms. The first-order valence-electron chi connectivity index (χ1n) is 8.01. The fraction of sp³-hybridized carbons (Fsp3) is 0.412. The number of aromatic nitrogens is 2. The number of rotatable bonds is 5. The van der Waals surface area contributed by atoms with Crippen LogP contribution in [0.5, 0.6) is 0 Å². The van der Waals surface area contributed by atoms with E-state index in [1.807, 2.05) is 10.9 Å². The molecule has 1 unspecified atom stereocenters. The highest BCUT2D eigenvalue weighted by Gasteiger charge is 2.17. The Morgan fingerprint density at radius 1 is 1.39 bits per heavy atom. The maximum absolute atomic E-state index is 13.5. The Morgan fingerprint density at radius 2 is 2.26 bits per heavy atom. The fourth-order valence-electron chi connectivity index (χ4n) is 2.82. The molecule has 0 aliphatic carbocycles. The molecule has 0 saturated carbocycles. The van der Waals surface area contributed by atoms with Crippen LogP contribution in [0.4, 0.5) is 4.39 Å². The summed E-state index contributed by atoms with van der Waals surface area (Å²) in [6.45, 7) is 2.31. The summed E-state index contributed by atoms with van der Waals surface area (Å²) in [6.07, 6.45) is 4.51. The van der Waals surface area contributed by atoms with Crippen LogP contribution >= 0.6 is 0 Å². The number of carbonyl (C=O) groups excluding carboxylic acids is 1. The van der Waals surface area contributed by atoms with Gasteiger partial charge >= 0.3 is 0 Å². The van der Waals surface area contributed by atoms with Gasteiger partial charge in [-0.25, -0.2) is 4.39 Å². The first kappa shape index (κ1) is 15.7. The Bertz CT molecular complexity index is 664. The van der Waals surface area contributed by atoms with Crippen LogP contribution in [-0.2, 0) is 6.42 Å². The van der Waals surface area contributed by atoms with E-state index in [-0.39, 0.29) is 11.7 Å². The van der Waals surface area contributed by atoms with Crippen molar-refractivity contribution in [2.24, 2.45) is 0 Å². The Kier molecular flexibility index (Phi) is 5.02. The summed E-state index contributed by atoms with van der Waals surface area (Å²) in [5.41, 5.74) is 1.01. The molecule has 1 amide bonds. The first-order valence-corrected chi connectivity index (χ1v) is 8.01. The second-order valence-electron chi connectivity index (χ2n) is 5.78. The normalized spacial score (nSPS) is 17.9. The van der Waals surface area contributed by atoms with E-state index in [9.17, 15) is 9.18 Å². The van der Waals surface area contributed by atoms with Gasteiger partial charge in [-0.1, -0.05) is 18.2 Å². The molecular weight excluding hydrogens is 295 g/mol. The van der Waals surface area contributed by atoms with Gasteiger partial charge in [0, 0.05) is 19.3 Å². The average molecular weight is 316 g/mol. The maximum atomic E-state index is 13.5. The van der Waals surface area contributed by atoms with Crippen molar-refractivity contribution >= 4 is 5.91 Å². The highest BCUT2D eigenvalue weighted by atomic mass is 19.1. The predicted molar refractivity (Wildman–Crippen MR) is 85.8 cm³/mol. The van der Waals surface area contributed by atoms with Crippen LogP contribution in [0.3, 0.4) is 0 Å². The lowest BCUT2D eigenvalue weighted by atomic mass is 10.1. The second-order valence-corrected chi connectivity index (χ2v) is 5.78. The van der Waals surface area contributed by atoms with E-state index in [0.717, 1.165) is 25.9 Å². The summed E-state index contributed by atoms with van der Waals surface area (Å²) < 4.78 is 15.4. The third-order valence-corrected chi connectivity index (χ3v) is 4.12. The number of nitrogens with one attached hydrogen (secondary N) is 2. The van der Waals surface area contributed by atoms with Crippen molar-refractivity contribution in [3.05, 3.63) is 53.6 Å². The lowest BCUT2D eigenvalue weighted by molar-refractivity contribution is 0.0947. The van der Waals surface area contributed by atoms with Crippen molar-refractivity contribution < 1.29 is 9.18 Å². The predicted octanol–water partition coefficient (Wildman–Crippen LogP) is 1.92. The van der Waals surface area contributed by atoms with E-state index in [2.05, 4.69) is 15.7 Å². The summed E-state index contributed by atoms with van der Waals surface area (Å²) in [7, 11) is 0. The van der Waals surface area contributed by atoms with Crippen LogP contribution in [0, 0.1) is 5.82 Å². The minimum atomic E-state index is -0.240. The van der Waals surface area contributed by atoms with Gasteiger partial charge in [-0.15, -0.1) is 0 Å². The highest BCUT2D eigenvalue weighted by Crippen LogP contribution is 2.15. The fourth-order valence-corrected chi connectivity index (χ4v) is 2.82. The van der Waals surface area contributed by atoms with Gasteiger partial charge in [0.05, 0.1) is 6.04 Å². The molecule has 0 radical (unpaired) electrons. The molecule has 6 heteroatoms. The number of piperidine rings is 1. The van der Waals surface area contributed by atoms with E-state index in [1.54, 1.807) is 24.3 Å². The monoisotopic (exact) mass is 316 g/mol. The summed E-state index contributed by atoms with van der Waals surface area (Å²) in [4.78, 5) is 12.1. The molecule has 0 spiro atoms. The van der Waals surface area contributed by atoms with Gasteiger partial charge in [0.2, 0.25) is 0 Å². The van der Waals surface area contributed by atoms with Crippen LogP contribution in [0.1, 0.15) is 34.9 Å². The van der Waals surface area contributed by atoms with E-state index < -0.39 is 0 Å². The van der Waals surface area contributed by atoms with Gasteiger partial charge in [0.25, 0.3) is 5.91 Å². The summed E-state index contributed by atoms with van der Waals surface area (Å²) in [5.74, 6) is -0.459. The second kappa shape index (κ2) is 7.37. The van der Waals surface area contributed by atoms with Crippen molar-refractivity contribution in [1.29, 1.82) is 0 Å². The molecule has 3 rings (SSSR count). The average Bonchev–Trinajstić information content (AvgIpc) is 3.07. The van der Waals surface area contributed by atoms with Gasteiger partial charge in [0.15, 0.2) is 0 Å². The molecule has 1 fully saturated rings. The summed E-state index contributed by atoms with van der Waals surface area (Å²) in [6, 6.07) is 8.64. The molecule has 2 aromatic rings. The van der Waals surface area contributed by atoms with Gasteiger partial charge in [-0.2, -0.15) is 5.10 Å². The lowest BCUT2D eigenvalue weighted by Crippen LogP contribution is -2.32. The molecular formula is C17H21FN4O. The van der Waals surface area contributed by atoms with Crippen molar-refractivity contribution in [1.82, 2.24) is 20.4 Å². The van der Waals surface area contributed by atoms with Gasteiger partial charge in [-0.05, 0) is 43.5 Å². The van der Waals surface area contributed by atoms with E-state index in [4.69, 9.17) is 0 Å². The Hall–Kier alpha value is -2.21. The minimum absolute atomic E-state index is 0.219. The van der Waals surface area contributed by atoms with E-state index >= 15 is 0 Å². The maximum Gasteiger partial charge on any atom is 0.271 e. The molecule has 1 saturated heterocycles. The Balaban J connectivity index is 1.52. The van der Waals surface area contributed by atoms with Crippen LogP contribution in [0.15, 0.2) is 36.5 Å². The van der Waals surface area contributed by atoms with E-state index in [1.165, 1.54) is 6.07 Å². The van der Waals surface area contributed by atoms with Crippen molar-refractivity contribution in [3.8, 4) is 0 Å². The zero-order valence-electron chi connectivity index (χ0n) is 13.0. The Morgan fingerprint density at radius 3 is 3.04 bits per heavy atom. The van der Waals surface area contributed by atoms with Gasteiger partial charge in [0.1, 0.15) is 11.5 Å². The Labute approximate surface area is 134 Å². The third-order valence-electron chi connectivity index (χ3n) is 4.12. The molecule has 122 valence electrons. The zero-order chi connectivity index (χ0) is 16.1. The number of carbonyl (C=O) groups is 1. The number of hydrogen-bond acceptors (Lipinski definition) is 3. The molecule has 1 aliphatic rings. The van der Waals surface area contributed by atoms with Crippen molar-refractivity contribution in [2.45, 2.75) is 25.3 Å². The largest absolute Gasteiger partial charge is 0.350 e. The number of nitrogens with zero attached hydrogens (tertiary/aromatic N) is 2. The number of hydrogen-bond donors (Lipinski definition) is 2. The molecule has 1 aromatic heterocycles. The number of benzene rings is 1. The number of halogens is 1. The minimum Gasteiger partial charge on any atom is -0.350 e. The third kappa shape index (κ3) is 3.96. The molecule has 2 N–H and O–H groups in total. The molecule has 23 heavy (non-hydrogen) atoms. The van der Waals surface area contributed by atoms with Crippen LogP contribution in [0.2, 0.25) is 0 Å². The van der Waals surface area contributed by atoms with Crippen molar-refractivity contribution in [3.63, 3.8) is 0 Å². The molecule has 5 nitrogen and oxygen atoms in total. The molecule has 1 atom stereocenters. The SMILES string of the molecule is O=C(NCCc1ccccc1F)c1ccn(C2CCCNC2)n1. The topological polar surface area (TPSA) is 59.0 Å². The highest BCUT2D eigenvalue weighted by molar-refractivity contribution is 5.92. The summed E-state index contributed by atoms with van der Waals surface area (Å²) >= 11 is 0. The van der Waals surface area contributed by atoms with Gasteiger partial charge < -0.3 is 10.6 Å². The lowest BCUT2D eigenvalue weighted by Gasteiger charge is -2.22. The zero-order valence-corrected chi connectivity index (χ0v) is 13.0. The number of amides is 1. The molecule has 1 aliphatic heterocycles. The summed E-state index contributed by atoms with van der Waals surface area (Å²) in [5, 5.41) is 10.5. The molecule has 1 aromatic carbocycles. The standard InChI is InChI=1S/C17H21FN4O/c18-15-6-2-1-4-13(15)7-10-20-17(23)16-8-11-22(21-16)14-5-3-9-19-12-14/h1-2,4,6,8,11,14,19H,3,5,7,9-10,12H2,(H,20,23). The smallest absolute Gasteiger partial charge is 0.271 e. The first-order chi connectivity index (χ1) is 11.2. The quantitative estimate of drug-likeness (QED) is 0.886. The van der Waals surface area contributed by atoms with Crippen molar-refractivity contribution in [2.75, 3.05) is 19.6 Å². The van der Waals surface area contributed by atoms with Gasteiger partial charge in [-0.3, -0.25) is 9.48 Å². The molecule has 2 heterocycles. The van der Waals surface area contributed by atoms with Crippen LogP contribution in [-0.4, -0.2) is 35.3 Å².